The Morgan fingerprint density at radius 1 is 0.960 bits per heavy atom. The molecule has 1 aromatic heterocycles. The van der Waals surface area contributed by atoms with Crippen LogP contribution in [0.15, 0.2) is 48.5 Å². The average Bonchev–Trinajstić information content (AvgIpc) is 2.97. The molecule has 128 valence electrons. The van der Waals surface area contributed by atoms with E-state index in [-0.39, 0.29) is 0 Å². The summed E-state index contributed by atoms with van der Waals surface area (Å²) in [5.74, 6) is -0.880. The Labute approximate surface area is 146 Å². The van der Waals surface area contributed by atoms with Gasteiger partial charge in [-0.2, -0.15) is 0 Å². The van der Waals surface area contributed by atoms with Gasteiger partial charge in [0.05, 0.1) is 5.56 Å². The van der Waals surface area contributed by atoms with Crippen LogP contribution in [-0.4, -0.2) is 42.2 Å². The minimum absolute atomic E-state index is 0.375. The molecular formula is C20H21N3O2. The smallest absolute Gasteiger partial charge is 0.338 e. The number of aromatic carboxylic acids is 1. The Hall–Kier alpha value is -2.95. The van der Waals surface area contributed by atoms with Gasteiger partial charge in [-0.15, -0.1) is 0 Å². The molecule has 1 saturated heterocycles. The van der Waals surface area contributed by atoms with Crippen molar-refractivity contribution in [3.8, 4) is 0 Å². The van der Waals surface area contributed by atoms with E-state index >= 15 is 0 Å². The molecule has 1 fully saturated rings. The van der Waals surface area contributed by atoms with E-state index in [0.717, 1.165) is 42.8 Å². The van der Waals surface area contributed by atoms with Crippen molar-refractivity contribution in [1.82, 2.24) is 4.98 Å². The number of hydrogen-bond donors (Lipinski definition) is 2. The number of nitrogens with zero attached hydrogens (tertiary/aromatic N) is 2. The Balaban J connectivity index is 1.57. The lowest BCUT2D eigenvalue weighted by atomic mass is 10.1. The molecule has 0 aliphatic carbocycles. The number of nitrogens with one attached hydrogen (secondary N) is 1. The molecule has 3 aromatic rings. The second-order valence-corrected chi connectivity index (χ2v) is 6.47. The molecule has 2 aromatic carbocycles. The maximum absolute atomic E-state index is 11.5. The van der Waals surface area contributed by atoms with Crippen LogP contribution in [0, 0.1) is 6.92 Å². The second kappa shape index (κ2) is 6.16. The van der Waals surface area contributed by atoms with Crippen molar-refractivity contribution in [1.29, 1.82) is 0 Å². The number of para-hydroxylation sites is 1. The van der Waals surface area contributed by atoms with Gasteiger partial charge in [-0.1, -0.05) is 18.2 Å². The molecule has 2 heterocycles. The zero-order valence-corrected chi connectivity index (χ0v) is 14.2. The van der Waals surface area contributed by atoms with Gasteiger partial charge in [0.1, 0.15) is 0 Å². The van der Waals surface area contributed by atoms with E-state index in [1.54, 1.807) is 0 Å². The molecule has 4 rings (SSSR count). The highest BCUT2D eigenvalue weighted by molar-refractivity contribution is 6.05. The second-order valence-electron chi connectivity index (χ2n) is 6.47. The maximum Gasteiger partial charge on any atom is 0.338 e. The number of rotatable bonds is 3. The van der Waals surface area contributed by atoms with Gasteiger partial charge in [-0.05, 0) is 37.3 Å². The molecule has 0 radical (unpaired) electrons. The normalized spacial score (nSPS) is 14.9. The van der Waals surface area contributed by atoms with Gasteiger partial charge < -0.3 is 19.9 Å². The van der Waals surface area contributed by atoms with Crippen LogP contribution in [0.25, 0.3) is 10.9 Å². The van der Waals surface area contributed by atoms with E-state index in [0.29, 0.717) is 11.3 Å². The predicted octanol–water partition coefficient (Wildman–Crippen LogP) is 3.50. The highest BCUT2D eigenvalue weighted by atomic mass is 16.4. The summed E-state index contributed by atoms with van der Waals surface area (Å²) in [4.78, 5) is 19.4. The maximum atomic E-state index is 11.5. The van der Waals surface area contributed by atoms with Gasteiger partial charge >= 0.3 is 5.97 Å². The topological polar surface area (TPSA) is 59.6 Å². The first-order chi connectivity index (χ1) is 12.1. The van der Waals surface area contributed by atoms with E-state index in [9.17, 15) is 9.90 Å². The lowest BCUT2D eigenvalue weighted by Crippen LogP contribution is -2.46. The van der Waals surface area contributed by atoms with Crippen molar-refractivity contribution in [2.24, 2.45) is 0 Å². The predicted molar refractivity (Wildman–Crippen MR) is 101 cm³/mol. The quantitative estimate of drug-likeness (QED) is 0.769. The Bertz CT molecular complexity index is 909. The number of carbonyl (C=O) groups is 1. The molecule has 0 saturated carbocycles. The van der Waals surface area contributed by atoms with Crippen LogP contribution in [0.2, 0.25) is 0 Å². The Morgan fingerprint density at radius 3 is 2.24 bits per heavy atom. The molecule has 1 aliphatic heterocycles. The van der Waals surface area contributed by atoms with E-state index in [1.165, 1.54) is 5.69 Å². The minimum atomic E-state index is -0.880. The molecule has 0 atom stereocenters. The molecule has 0 unspecified atom stereocenters. The largest absolute Gasteiger partial charge is 0.478 e. The summed E-state index contributed by atoms with van der Waals surface area (Å²) in [5, 5.41) is 10.3. The summed E-state index contributed by atoms with van der Waals surface area (Å²) in [5.41, 5.74) is 4.30. The zero-order chi connectivity index (χ0) is 17.4. The monoisotopic (exact) mass is 335 g/mol. The van der Waals surface area contributed by atoms with Crippen molar-refractivity contribution >= 4 is 28.2 Å². The lowest BCUT2D eigenvalue weighted by molar-refractivity contribution is 0.0698. The van der Waals surface area contributed by atoms with E-state index < -0.39 is 5.97 Å². The number of aromatic nitrogens is 1. The van der Waals surface area contributed by atoms with Crippen LogP contribution >= 0.6 is 0 Å². The fourth-order valence-corrected chi connectivity index (χ4v) is 3.65. The third kappa shape index (κ3) is 2.82. The van der Waals surface area contributed by atoms with Gasteiger partial charge in [0.25, 0.3) is 0 Å². The van der Waals surface area contributed by atoms with Gasteiger partial charge in [0, 0.05) is 54.2 Å². The van der Waals surface area contributed by atoms with E-state index in [2.05, 4.69) is 45.1 Å². The van der Waals surface area contributed by atoms with Gasteiger partial charge in [0.15, 0.2) is 0 Å². The number of benzene rings is 2. The first kappa shape index (κ1) is 15.6. The SMILES string of the molecule is Cc1[nH]c2ccc(N3CCN(c4ccccc4)CC3)cc2c1C(=O)O. The molecule has 0 bridgehead atoms. The van der Waals surface area contributed by atoms with Crippen molar-refractivity contribution in [2.75, 3.05) is 36.0 Å². The minimum Gasteiger partial charge on any atom is -0.478 e. The molecule has 5 heteroatoms. The number of H-pyrrole nitrogens is 1. The first-order valence-electron chi connectivity index (χ1n) is 8.54. The summed E-state index contributed by atoms with van der Waals surface area (Å²) in [6.45, 7) is 5.57. The average molecular weight is 335 g/mol. The molecule has 2 N–H and O–H groups in total. The highest BCUT2D eigenvalue weighted by Crippen LogP contribution is 2.28. The summed E-state index contributed by atoms with van der Waals surface area (Å²) in [6.07, 6.45) is 0. The Morgan fingerprint density at radius 2 is 1.60 bits per heavy atom. The molecular weight excluding hydrogens is 314 g/mol. The number of aromatic amines is 1. The number of anilines is 2. The first-order valence-corrected chi connectivity index (χ1v) is 8.54. The Kier molecular flexibility index (Phi) is 3.84. The fourth-order valence-electron chi connectivity index (χ4n) is 3.65. The van der Waals surface area contributed by atoms with E-state index in [4.69, 9.17) is 0 Å². The van der Waals surface area contributed by atoms with Gasteiger partial charge in [-0.25, -0.2) is 4.79 Å². The summed E-state index contributed by atoms with van der Waals surface area (Å²) in [7, 11) is 0. The highest BCUT2D eigenvalue weighted by Gasteiger charge is 2.20. The van der Waals surface area contributed by atoms with Gasteiger partial charge in [-0.3, -0.25) is 0 Å². The van der Waals surface area contributed by atoms with Crippen LogP contribution < -0.4 is 9.80 Å². The number of aryl methyl sites for hydroxylation is 1. The number of hydrogen-bond acceptors (Lipinski definition) is 3. The van der Waals surface area contributed by atoms with E-state index in [1.807, 2.05) is 25.1 Å². The van der Waals surface area contributed by atoms with Crippen LogP contribution in [0.1, 0.15) is 16.1 Å². The van der Waals surface area contributed by atoms with Crippen molar-refractivity contribution in [2.45, 2.75) is 6.92 Å². The van der Waals surface area contributed by atoms with Crippen molar-refractivity contribution < 1.29 is 9.90 Å². The van der Waals surface area contributed by atoms with Crippen LogP contribution in [0.4, 0.5) is 11.4 Å². The van der Waals surface area contributed by atoms with Crippen molar-refractivity contribution in [3.63, 3.8) is 0 Å². The molecule has 0 amide bonds. The third-order valence-electron chi connectivity index (χ3n) is 4.95. The van der Waals surface area contributed by atoms with Crippen LogP contribution in [0.3, 0.4) is 0 Å². The van der Waals surface area contributed by atoms with Crippen molar-refractivity contribution in [3.05, 3.63) is 59.8 Å². The molecule has 5 nitrogen and oxygen atoms in total. The number of fused-ring (bicyclic) bond motifs is 1. The standard InChI is InChI=1S/C20H21N3O2/c1-14-19(20(24)25)17-13-16(7-8-18(17)21-14)23-11-9-22(10-12-23)15-5-3-2-4-6-15/h2-8,13,21H,9-12H2,1H3,(H,24,25). The number of carboxylic acids is 1. The summed E-state index contributed by atoms with van der Waals surface area (Å²) in [6, 6.07) is 16.5. The number of piperazine rings is 1. The molecule has 0 spiro atoms. The number of carboxylic acid groups (broad SMARTS) is 1. The fraction of sp³-hybridized carbons (Fsp3) is 0.250. The molecule has 25 heavy (non-hydrogen) atoms. The van der Waals surface area contributed by atoms with Gasteiger partial charge in [0.2, 0.25) is 0 Å². The van der Waals surface area contributed by atoms with Crippen LogP contribution in [0.5, 0.6) is 0 Å². The molecule has 1 aliphatic rings. The lowest BCUT2D eigenvalue weighted by Gasteiger charge is -2.37. The zero-order valence-electron chi connectivity index (χ0n) is 14.2. The van der Waals surface area contributed by atoms with Crippen LogP contribution in [-0.2, 0) is 0 Å². The third-order valence-corrected chi connectivity index (χ3v) is 4.95. The summed E-state index contributed by atoms with van der Waals surface area (Å²) >= 11 is 0. The summed E-state index contributed by atoms with van der Waals surface area (Å²) < 4.78 is 0.